The fourth-order valence-electron chi connectivity index (χ4n) is 2.87. The van der Waals surface area contributed by atoms with Gasteiger partial charge in [0.25, 0.3) is 11.8 Å². The van der Waals surface area contributed by atoms with E-state index in [9.17, 15) is 9.59 Å². The van der Waals surface area contributed by atoms with Crippen molar-refractivity contribution >= 4 is 42.3 Å². The number of rotatable bonds is 7. The van der Waals surface area contributed by atoms with E-state index in [1.807, 2.05) is 6.92 Å². The topological polar surface area (TPSA) is 97.1 Å². The van der Waals surface area contributed by atoms with E-state index in [1.165, 1.54) is 6.20 Å². The largest absolute Gasteiger partial charge is 0.346 e. The number of hydrogen-bond donors (Lipinski definition) is 3. The standard InChI is InChI=1S/C20H26N4O2.2ClH/c1-14(2)11-20(3,13-21)24-19(26)15-6-4-8-17(10-15)23-18(25)16-7-5-9-22-12-16;;/h4-10,12,14H,11,13,21H2,1-3H3,(H,23,25)(H,24,26);2*1H. The van der Waals surface area contributed by atoms with Gasteiger partial charge in [-0.05, 0) is 49.6 Å². The lowest BCUT2D eigenvalue weighted by Crippen LogP contribution is -2.52. The first-order valence-electron chi connectivity index (χ1n) is 8.67. The number of carbonyl (C=O) groups is 2. The summed E-state index contributed by atoms with van der Waals surface area (Å²) in [7, 11) is 0. The third-order valence-electron chi connectivity index (χ3n) is 4.03. The SMILES string of the molecule is CC(C)CC(C)(CN)NC(=O)c1cccc(NC(=O)c2cccnc2)c1.Cl.Cl. The van der Waals surface area contributed by atoms with Crippen LogP contribution in [-0.2, 0) is 0 Å². The Bertz CT molecular complexity index is 772. The number of carbonyl (C=O) groups excluding carboxylic acids is 2. The first-order chi connectivity index (χ1) is 12.3. The van der Waals surface area contributed by atoms with Crippen molar-refractivity contribution in [1.82, 2.24) is 10.3 Å². The third kappa shape index (κ3) is 7.46. The molecular formula is C20H28Cl2N4O2. The van der Waals surface area contributed by atoms with Gasteiger partial charge in [0.05, 0.1) is 5.56 Å². The number of amides is 2. The van der Waals surface area contributed by atoms with Crippen molar-refractivity contribution in [1.29, 1.82) is 0 Å². The Balaban J connectivity index is 0.00000364. The number of anilines is 1. The van der Waals surface area contributed by atoms with Gasteiger partial charge in [-0.2, -0.15) is 0 Å². The fourth-order valence-corrected chi connectivity index (χ4v) is 2.87. The average molecular weight is 427 g/mol. The Morgan fingerprint density at radius 1 is 1.11 bits per heavy atom. The molecule has 1 unspecified atom stereocenters. The van der Waals surface area contributed by atoms with E-state index < -0.39 is 5.54 Å². The van der Waals surface area contributed by atoms with Crippen LogP contribution in [0, 0.1) is 5.92 Å². The van der Waals surface area contributed by atoms with E-state index in [-0.39, 0.29) is 36.6 Å². The monoisotopic (exact) mass is 426 g/mol. The van der Waals surface area contributed by atoms with Gasteiger partial charge in [0.1, 0.15) is 0 Å². The van der Waals surface area contributed by atoms with Gasteiger partial charge >= 0.3 is 0 Å². The van der Waals surface area contributed by atoms with Gasteiger partial charge in [-0.1, -0.05) is 19.9 Å². The maximum absolute atomic E-state index is 12.6. The second-order valence-electron chi connectivity index (χ2n) is 7.09. The first-order valence-corrected chi connectivity index (χ1v) is 8.67. The lowest BCUT2D eigenvalue weighted by atomic mass is 9.90. The number of nitrogens with zero attached hydrogens (tertiary/aromatic N) is 1. The maximum atomic E-state index is 12.6. The minimum absolute atomic E-state index is 0. The molecule has 0 aliphatic heterocycles. The van der Waals surface area contributed by atoms with E-state index >= 15 is 0 Å². The highest BCUT2D eigenvalue weighted by atomic mass is 35.5. The van der Waals surface area contributed by atoms with Crippen LogP contribution >= 0.6 is 24.8 Å². The molecule has 6 nitrogen and oxygen atoms in total. The second-order valence-corrected chi connectivity index (χ2v) is 7.09. The summed E-state index contributed by atoms with van der Waals surface area (Å²) in [6.45, 7) is 6.48. The maximum Gasteiger partial charge on any atom is 0.257 e. The van der Waals surface area contributed by atoms with Crippen molar-refractivity contribution in [2.75, 3.05) is 11.9 Å². The van der Waals surface area contributed by atoms with E-state index in [1.54, 1.807) is 42.6 Å². The highest BCUT2D eigenvalue weighted by Gasteiger charge is 2.26. The van der Waals surface area contributed by atoms with Crippen molar-refractivity contribution in [3.8, 4) is 0 Å². The molecule has 0 radical (unpaired) electrons. The van der Waals surface area contributed by atoms with Crippen LogP contribution in [0.4, 0.5) is 5.69 Å². The molecule has 0 aliphatic carbocycles. The summed E-state index contributed by atoms with van der Waals surface area (Å²) in [5, 5.41) is 5.80. The van der Waals surface area contributed by atoms with Crippen LogP contribution < -0.4 is 16.4 Å². The van der Waals surface area contributed by atoms with Crippen LogP contribution in [-0.4, -0.2) is 28.9 Å². The van der Waals surface area contributed by atoms with E-state index in [2.05, 4.69) is 29.5 Å². The van der Waals surface area contributed by atoms with Crippen molar-refractivity contribution in [3.05, 3.63) is 59.9 Å². The molecular weight excluding hydrogens is 399 g/mol. The Hall–Kier alpha value is -2.15. The van der Waals surface area contributed by atoms with Gasteiger partial charge in [0, 0.05) is 35.7 Å². The third-order valence-corrected chi connectivity index (χ3v) is 4.03. The van der Waals surface area contributed by atoms with Crippen LogP contribution in [0.2, 0.25) is 0 Å². The van der Waals surface area contributed by atoms with Gasteiger partial charge in [0.15, 0.2) is 0 Å². The van der Waals surface area contributed by atoms with Crippen LogP contribution in [0.5, 0.6) is 0 Å². The normalized spacial score (nSPS) is 12.2. The Kier molecular flexibility index (Phi) is 10.7. The van der Waals surface area contributed by atoms with Crippen LogP contribution in [0.25, 0.3) is 0 Å². The zero-order chi connectivity index (χ0) is 19.2. The molecule has 8 heteroatoms. The number of aromatic nitrogens is 1. The predicted octanol–water partition coefficient (Wildman–Crippen LogP) is 3.67. The summed E-state index contributed by atoms with van der Waals surface area (Å²) in [5.41, 5.74) is 6.86. The Labute approximate surface area is 178 Å². The number of nitrogens with one attached hydrogen (secondary N) is 2. The average Bonchev–Trinajstić information content (AvgIpc) is 2.62. The lowest BCUT2D eigenvalue weighted by molar-refractivity contribution is 0.0897. The summed E-state index contributed by atoms with van der Waals surface area (Å²) in [6.07, 6.45) is 3.88. The molecule has 28 heavy (non-hydrogen) atoms. The van der Waals surface area contributed by atoms with Gasteiger partial charge < -0.3 is 16.4 Å². The predicted molar refractivity (Wildman–Crippen MR) is 118 cm³/mol. The van der Waals surface area contributed by atoms with Crippen LogP contribution in [0.3, 0.4) is 0 Å². The molecule has 0 saturated carbocycles. The van der Waals surface area contributed by atoms with Gasteiger partial charge in [0.2, 0.25) is 0 Å². The van der Waals surface area contributed by atoms with Crippen molar-refractivity contribution in [2.24, 2.45) is 11.7 Å². The molecule has 2 rings (SSSR count). The van der Waals surface area contributed by atoms with Crippen LogP contribution in [0.1, 0.15) is 47.9 Å². The van der Waals surface area contributed by atoms with E-state index in [0.29, 0.717) is 29.3 Å². The minimum Gasteiger partial charge on any atom is -0.346 e. The molecule has 0 saturated heterocycles. The molecule has 1 atom stereocenters. The molecule has 0 bridgehead atoms. The number of hydrogen-bond acceptors (Lipinski definition) is 4. The minimum atomic E-state index is -0.472. The first kappa shape index (κ1) is 25.9. The number of nitrogens with two attached hydrogens (primary N) is 1. The molecule has 0 fully saturated rings. The molecule has 0 spiro atoms. The smallest absolute Gasteiger partial charge is 0.257 e. The summed E-state index contributed by atoms with van der Waals surface area (Å²) in [6, 6.07) is 10.2. The van der Waals surface area contributed by atoms with Crippen LogP contribution in [0.15, 0.2) is 48.8 Å². The fraction of sp³-hybridized carbons (Fsp3) is 0.350. The number of benzene rings is 1. The lowest BCUT2D eigenvalue weighted by Gasteiger charge is -2.31. The summed E-state index contributed by atoms with van der Waals surface area (Å²) in [4.78, 5) is 28.8. The second kappa shape index (κ2) is 11.6. The molecule has 4 N–H and O–H groups in total. The molecule has 0 aliphatic rings. The van der Waals surface area contributed by atoms with Gasteiger partial charge in [-0.15, -0.1) is 24.8 Å². The molecule has 1 aromatic carbocycles. The van der Waals surface area contributed by atoms with Gasteiger partial charge in [-0.3, -0.25) is 14.6 Å². The van der Waals surface area contributed by atoms with Crippen molar-refractivity contribution in [2.45, 2.75) is 32.7 Å². The summed E-state index contributed by atoms with van der Waals surface area (Å²) in [5.74, 6) is -0.0766. The molecule has 1 heterocycles. The van der Waals surface area contributed by atoms with Gasteiger partial charge in [-0.25, -0.2) is 0 Å². The summed E-state index contributed by atoms with van der Waals surface area (Å²) < 4.78 is 0. The molecule has 2 aromatic rings. The molecule has 154 valence electrons. The highest BCUT2D eigenvalue weighted by molar-refractivity contribution is 6.05. The molecule has 1 aromatic heterocycles. The highest BCUT2D eigenvalue weighted by Crippen LogP contribution is 2.18. The molecule has 2 amide bonds. The number of halogens is 2. The van der Waals surface area contributed by atoms with E-state index in [0.717, 1.165) is 6.42 Å². The van der Waals surface area contributed by atoms with Crippen molar-refractivity contribution < 1.29 is 9.59 Å². The zero-order valence-electron chi connectivity index (χ0n) is 16.3. The van der Waals surface area contributed by atoms with E-state index in [4.69, 9.17) is 5.73 Å². The van der Waals surface area contributed by atoms with Crippen molar-refractivity contribution in [3.63, 3.8) is 0 Å². The Morgan fingerprint density at radius 3 is 2.36 bits per heavy atom. The zero-order valence-corrected chi connectivity index (χ0v) is 17.9. The quantitative estimate of drug-likeness (QED) is 0.628. The number of pyridine rings is 1. The Morgan fingerprint density at radius 2 is 1.79 bits per heavy atom. The summed E-state index contributed by atoms with van der Waals surface area (Å²) >= 11 is 0.